The van der Waals surface area contributed by atoms with E-state index in [-0.39, 0.29) is 5.56 Å². The average molecular weight is 555 g/mol. The number of thioether (sulfide) groups is 1. The summed E-state index contributed by atoms with van der Waals surface area (Å²) in [6.07, 6.45) is 0.603. The smallest absolute Gasteiger partial charge is 0.341 e. The van der Waals surface area contributed by atoms with Crippen LogP contribution in [0.5, 0.6) is 0 Å². The number of piperidine rings is 1. The Morgan fingerprint density at radius 2 is 1.85 bits per heavy atom. The topological polar surface area (TPSA) is 100 Å². The number of anilines is 1. The Balaban J connectivity index is 1.13. The lowest BCUT2D eigenvalue weighted by molar-refractivity contribution is -0.137. The van der Waals surface area contributed by atoms with Crippen molar-refractivity contribution in [3.05, 3.63) is 76.6 Å². The molecule has 2 amide bonds. The van der Waals surface area contributed by atoms with E-state index in [1.807, 2.05) is 0 Å². The van der Waals surface area contributed by atoms with E-state index in [9.17, 15) is 22.8 Å². The van der Waals surface area contributed by atoms with Crippen LogP contribution in [0, 0.1) is 5.92 Å². The van der Waals surface area contributed by atoms with Crippen molar-refractivity contribution >= 4 is 34.9 Å². The first kappa shape index (κ1) is 26.8. The molecule has 5 rings (SSSR count). The van der Waals surface area contributed by atoms with Crippen molar-refractivity contribution in [3.63, 3.8) is 0 Å². The number of imide groups is 1. The third-order valence-corrected chi connectivity index (χ3v) is 7.35. The molecule has 0 radical (unpaired) electrons. The van der Waals surface area contributed by atoms with E-state index in [0.29, 0.717) is 40.4 Å². The van der Waals surface area contributed by atoms with E-state index >= 15 is 0 Å². The lowest BCUT2D eigenvalue weighted by atomic mass is 9.97. The molecule has 0 saturated carbocycles. The van der Waals surface area contributed by atoms with E-state index in [4.69, 9.17) is 0 Å². The summed E-state index contributed by atoms with van der Waals surface area (Å²) in [6, 6.07) is 12.3. The van der Waals surface area contributed by atoms with Crippen LogP contribution in [-0.4, -0.2) is 45.7 Å². The number of amides is 2. The average Bonchev–Trinajstić information content (AvgIpc) is 3.25. The standard InChI is InChI=1S/C27H25F3N6O2S/c28-27(29,30)21-6-2-1-5-20(21)22-7-3-4-19(33-22)16-31-15-17-9-12-36(13-10-17)25-32-11-8-18(34-25)14-23-24(37)35-26(38)39-23/h1-8,11,14,17,31H,9-10,12-13,15-16H2,(H,35,37,38). The Labute approximate surface area is 227 Å². The molecule has 2 fully saturated rings. The van der Waals surface area contributed by atoms with Gasteiger partial charge in [-0.3, -0.25) is 19.9 Å². The molecule has 1 aromatic carbocycles. The number of aromatic nitrogens is 3. The second-order valence-corrected chi connectivity index (χ2v) is 10.3. The van der Waals surface area contributed by atoms with Crippen molar-refractivity contribution in [1.29, 1.82) is 0 Å². The van der Waals surface area contributed by atoms with Gasteiger partial charge in [0.2, 0.25) is 5.95 Å². The highest BCUT2D eigenvalue weighted by Crippen LogP contribution is 2.36. The zero-order valence-electron chi connectivity index (χ0n) is 20.7. The minimum atomic E-state index is -4.45. The maximum absolute atomic E-state index is 13.4. The summed E-state index contributed by atoms with van der Waals surface area (Å²) < 4.78 is 40.3. The zero-order chi connectivity index (χ0) is 27.4. The highest BCUT2D eigenvalue weighted by atomic mass is 32.2. The SMILES string of the molecule is O=C1NC(=O)C(=Cc2ccnc(N3CCC(CNCc4cccc(-c5ccccc5C(F)(F)F)n4)CC3)n2)S1. The monoisotopic (exact) mass is 554 g/mol. The Morgan fingerprint density at radius 3 is 2.59 bits per heavy atom. The molecule has 0 aliphatic carbocycles. The number of pyridine rings is 1. The van der Waals surface area contributed by atoms with Crippen molar-refractivity contribution in [3.8, 4) is 11.3 Å². The van der Waals surface area contributed by atoms with Crippen LogP contribution in [0.3, 0.4) is 0 Å². The molecule has 3 aromatic rings. The van der Waals surface area contributed by atoms with Gasteiger partial charge in [0, 0.05) is 31.4 Å². The van der Waals surface area contributed by atoms with Crippen molar-refractivity contribution in [2.24, 2.45) is 5.92 Å². The van der Waals surface area contributed by atoms with Gasteiger partial charge in [0.1, 0.15) is 0 Å². The Bertz CT molecular complexity index is 1410. The summed E-state index contributed by atoms with van der Waals surface area (Å²) in [4.78, 5) is 38.9. The predicted octanol–water partition coefficient (Wildman–Crippen LogP) is 4.89. The number of rotatable bonds is 7. The fraction of sp³-hybridized carbons (Fsp3) is 0.296. The van der Waals surface area contributed by atoms with Gasteiger partial charge in [-0.05, 0) is 67.4 Å². The lowest BCUT2D eigenvalue weighted by Gasteiger charge is -2.32. The summed E-state index contributed by atoms with van der Waals surface area (Å²) >= 11 is 0.848. The van der Waals surface area contributed by atoms with Crippen molar-refractivity contribution in [2.75, 3.05) is 24.5 Å². The predicted molar refractivity (Wildman–Crippen MR) is 142 cm³/mol. The van der Waals surface area contributed by atoms with Crippen molar-refractivity contribution in [1.82, 2.24) is 25.6 Å². The van der Waals surface area contributed by atoms with Gasteiger partial charge in [0.15, 0.2) is 0 Å². The van der Waals surface area contributed by atoms with Gasteiger partial charge >= 0.3 is 6.18 Å². The van der Waals surface area contributed by atoms with E-state index in [1.54, 1.807) is 42.6 Å². The molecule has 0 spiro atoms. The molecule has 2 aromatic heterocycles. The maximum atomic E-state index is 13.4. The largest absolute Gasteiger partial charge is 0.417 e. The molecule has 0 unspecified atom stereocenters. The number of nitrogens with zero attached hydrogens (tertiary/aromatic N) is 4. The Hall–Kier alpha value is -3.77. The molecular formula is C27H25F3N6O2S. The van der Waals surface area contributed by atoms with Gasteiger partial charge in [-0.25, -0.2) is 9.97 Å². The number of halogens is 3. The van der Waals surface area contributed by atoms with Crippen LogP contribution in [0.15, 0.2) is 59.6 Å². The summed E-state index contributed by atoms with van der Waals surface area (Å²) in [5.41, 5.74) is 0.909. The van der Waals surface area contributed by atoms with Gasteiger partial charge < -0.3 is 10.2 Å². The zero-order valence-corrected chi connectivity index (χ0v) is 21.6. The molecular weight excluding hydrogens is 529 g/mol. The van der Waals surface area contributed by atoms with Crippen molar-refractivity contribution in [2.45, 2.75) is 25.6 Å². The van der Waals surface area contributed by atoms with Crippen LogP contribution in [0.25, 0.3) is 17.3 Å². The first-order valence-corrected chi connectivity index (χ1v) is 13.2. The highest BCUT2D eigenvalue weighted by molar-refractivity contribution is 8.18. The Morgan fingerprint density at radius 1 is 1.05 bits per heavy atom. The third kappa shape index (κ3) is 6.63. The van der Waals surface area contributed by atoms with Crippen LogP contribution >= 0.6 is 11.8 Å². The number of hydrogen-bond donors (Lipinski definition) is 2. The number of carbonyl (C=O) groups is 2. The van der Waals surface area contributed by atoms with E-state index in [2.05, 4.69) is 30.5 Å². The molecule has 202 valence electrons. The molecule has 12 heteroatoms. The molecule has 0 bridgehead atoms. The second kappa shape index (κ2) is 11.5. The minimum Gasteiger partial charge on any atom is -0.341 e. The normalized spacial score (nSPS) is 17.6. The van der Waals surface area contributed by atoms with Crippen LogP contribution in [0.2, 0.25) is 0 Å². The Kier molecular flexibility index (Phi) is 7.94. The molecule has 39 heavy (non-hydrogen) atoms. The first-order valence-electron chi connectivity index (χ1n) is 12.4. The van der Waals surface area contributed by atoms with Gasteiger partial charge in [0.25, 0.3) is 11.1 Å². The number of hydrogen-bond acceptors (Lipinski definition) is 8. The second-order valence-electron chi connectivity index (χ2n) is 9.25. The quantitative estimate of drug-likeness (QED) is 0.399. The summed E-state index contributed by atoms with van der Waals surface area (Å²) in [6.45, 7) is 2.74. The van der Waals surface area contributed by atoms with Crippen LogP contribution in [0.1, 0.15) is 29.8 Å². The van der Waals surface area contributed by atoms with Crippen LogP contribution in [0.4, 0.5) is 23.9 Å². The molecule has 4 heterocycles. The molecule has 0 atom stereocenters. The van der Waals surface area contributed by atoms with Crippen molar-refractivity contribution < 1.29 is 22.8 Å². The summed E-state index contributed by atoms with van der Waals surface area (Å²) in [5.74, 6) is 0.572. The van der Waals surface area contributed by atoms with Crippen LogP contribution < -0.4 is 15.5 Å². The van der Waals surface area contributed by atoms with Gasteiger partial charge in [0.05, 0.1) is 27.6 Å². The maximum Gasteiger partial charge on any atom is 0.417 e. The summed E-state index contributed by atoms with van der Waals surface area (Å²) in [5, 5.41) is 5.23. The lowest BCUT2D eigenvalue weighted by Crippen LogP contribution is -2.38. The number of alkyl halides is 3. The molecule has 2 aliphatic heterocycles. The number of benzene rings is 1. The number of nitrogens with one attached hydrogen (secondary N) is 2. The first-order chi connectivity index (χ1) is 18.8. The molecule has 2 N–H and O–H groups in total. The van der Waals surface area contributed by atoms with Gasteiger partial charge in [-0.1, -0.05) is 24.3 Å². The van der Waals surface area contributed by atoms with Gasteiger partial charge in [-0.15, -0.1) is 0 Å². The minimum absolute atomic E-state index is 0.0699. The van der Waals surface area contributed by atoms with E-state index in [0.717, 1.165) is 50.3 Å². The van der Waals surface area contributed by atoms with E-state index < -0.39 is 22.9 Å². The molecule has 2 saturated heterocycles. The van der Waals surface area contributed by atoms with Gasteiger partial charge in [-0.2, -0.15) is 13.2 Å². The van der Waals surface area contributed by atoms with E-state index in [1.165, 1.54) is 12.1 Å². The molecule has 2 aliphatic rings. The highest BCUT2D eigenvalue weighted by Gasteiger charge is 2.33. The fourth-order valence-corrected chi connectivity index (χ4v) is 5.24. The summed E-state index contributed by atoms with van der Waals surface area (Å²) in [7, 11) is 0. The van der Waals surface area contributed by atoms with Crippen LogP contribution in [-0.2, 0) is 17.5 Å². The molecule has 8 nitrogen and oxygen atoms in total. The number of carbonyl (C=O) groups excluding carboxylic acids is 2. The fourth-order valence-electron chi connectivity index (χ4n) is 4.57. The third-order valence-electron chi connectivity index (χ3n) is 6.54.